The van der Waals surface area contributed by atoms with Crippen LogP contribution >= 0.6 is 11.3 Å². The van der Waals surface area contributed by atoms with Crippen molar-refractivity contribution in [3.05, 3.63) is 29.4 Å². The topological polar surface area (TPSA) is 112 Å². The number of phenolic OH excluding ortho intramolecular Hbond substituents is 1. The molecular formula is C24H26FN7OS. The minimum absolute atomic E-state index is 0.0288. The number of hydrogen-bond acceptors (Lipinski definition) is 9. The Morgan fingerprint density at radius 3 is 2.71 bits per heavy atom. The van der Waals surface area contributed by atoms with Gasteiger partial charge in [0, 0.05) is 18.0 Å². The van der Waals surface area contributed by atoms with Gasteiger partial charge in [0.05, 0.1) is 17.8 Å². The van der Waals surface area contributed by atoms with Crippen LogP contribution < -0.4 is 4.90 Å². The number of alkyl halides is 1. The number of nitriles is 1. The largest absolute Gasteiger partial charge is 0.507 e. The molecule has 2 saturated carbocycles. The molecule has 3 aromatic rings. The second-order valence-electron chi connectivity index (χ2n) is 10.2. The lowest BCUT2D eigenvalue weighted by atomic mass is 9.54. The van der Waals surface area contributed by atoms with Crippen LogP contribution in [0, 0.1) is 22.2 Å². The summed E-state index contributed by atoms with van der Waals surface area (Å²) in [5.41, 5.74) is 0.901. The summed E-state index contributed by atoms with van der Waals surface area (Å²) < 4.78 is 15.6. The zero-order chi connectivity index (χ0) is 24.1. The van der Waals surface area contributed by atoms with E-state index in [0.717, 1.165) is 43.4 Å². The zero-order valence-electron chi connectivity index (χ0n) is 19.4. The molecule has 2 aromatic heterocycles. The van der Waals surface area contributed by atoms with E-state index in [4.69, 9.17) is 5.26 Å². The second kappa shape index (κ2) is 8.24. The first-order chi connectivity index (χ1) is 16.2. The summed E-state index contributed by atoms with van der Waals surface area (Å²) in [6.45, 7) is 4.36. The normalized spacial score (nSPS) is 28.3. The number of benzene rings is 1. The summed E-state index contributed by atoms with van der Waals surface area (Å²) in [4.78, 5) is 6.29. The fourth-order valence-corrected chi connectivity index (χ4v) is 6.49. The number of nitrogens with zero attached hydrogens (tertiary/aromatic N) is 7. The molecule has 4 atom stereocenters. The SMILES string of the molecule is CN(c1cnc(-c2ccc(-c3nnc(C#N)s3)cc2O)nn1)[C@@H]1C[C@@]2(C)CCC[C@](C)(C2)[C@@H]1F. The van der Waals surface area contributed by atoms with E-state index in [1.165, 1.54) is 6.07 Å². The van der Waals surface area contributed by atoms with Gasteiger partial charge in [-0.15, -0.1) is 20.4 Å². The van der Waals surface area contributed by atoms with Gasteiger partial charge in [0.25, 0.3) is 0 Å². The van der Waals surface area contributed by atoms with Crippen molar-refractivity contribution in [2.75, 3.05) is 11.9 Å². The van der Waals surface area contributed by atoms with Crippen molar-refractivity contribution in [1.82, 2.24) is 25.4 Å². The number of fused-ring (bicyclic) bond motifs is 2. The highest BCUT2D eigenvalue weighted by atomic mass is 32.1. The molecular weight excluding hydrogens is 453 g/mol. The lowest BCUT2D eigenvalue weighted by Crippen LogP contribution is -2.57. The van der Waals surface area contributed by atoms with Gasteiger partial charge in [-0.3, -0.25) is 0 Å². The highest BCUT2D eigenvalue weighted by Gasteiger charge is 2.54. The molecule has 176 valence electrons. The summed E-state index contributed by atoms with van der Waals surface area (Å²) in [6.07, 6.45) is 5.49. The first-order valence-corrected chi connectivity index (χ1v) is 12.2. The molecule has 0 saturated heterocycles. The summed E-state index contributed by atoms with van der Waals surface area (Å²) >= 11 is 1.15. The third-order valence-electron chi connectivity index (χ3n) is 7.48. The van der Waals surface area contributed by atoms with E-state index >= 15 is 4.39 Å². The average Bonchev–Trinajstić information content (AvgIpc) is 3.30. The Morgan fingerprint density at radius 2 is 2.03 bits per heavy atom. The number of aromatic nitrogens is 5. The Kier molecular flexibility index (Phi) is 5.47. The van der Waals surface area contributed by atoms with E-state index in [1.54, 1.807) is 18.3 Å². The molecule has 10 heteroatoms. The van der Waals surface area contributed by atoms with Crippen LogP contribution in [0.25, 0.3) is 22.0 Å². The Morgan fingerprint density at radius 1 is 1.21 bits per heavy atom. The van der Waals surface area contributed by atoms with Crippen LogP contribution in [-0.4, -0.2) is 49.7 Å². The third-order valence-corrected chi connectivity index (χ3v) is 8.36. The molecule has 1 aromatic carbocycles. The van der Waals surface area contributed by atoms with E-state index < -0.39 is 6.17 Å². The van der Waals surface area contributed by atoms with Crippen LogP contribution in [0.2, 0.25) is 0 Å². The number of rotatable bonds is 4. The number of hydrogen-bond donors (Lipinski definition) is 1. The smallest absolute Gasteiger partial charge is 0.218 e. The molecule has 2 fully saturated rings. The van der Waals surface area contributed by atoms with Gasteiger partial charge in [-0.2, -0.15) is 5.26 Å². The van der Waals surface area contributed by atoms with Gasteiger partial charge in [0.15, 0.2) is 11.6 Å². The first kappa shape index (κ1) is 22.6. The molecule has 34 heavy (non-hydrogen) atoms. The molecule has 0 radical (unpaired) electrons. The van der Waals surface area contributed by atoms with Gasteiger partial charge in [0.2, 0.25) is 5.01 Å². The molecule has 2 aliphatic carbocycles. The summed E-state index contributed by atoms with van der Waals surface area (Å²) in [6, 6.07) is 6.66. The quantitative estimate of drug-likeness (QED) is 0.570. The highest BCUT2D eigenvalue weighted by Crippen LogP contribution is 2.57. The van der Waals surface area contributed by atoms with Crippen LogP contribution in [-0.2, 0) is 0 Å². The van der Waals surface area contributed by atoms with E-state index in [1.807, 2.05) is 18.0 Å². The summed E-state index contributed by atoms with van der Waals surface area (Å²) in [5.74, 6) is 0.754. The van der Waals surface area contributed by atoms with Crippen LogP contribution in [0.3, 0.4) is 0 Å². The van der Waals surface area contributed by atoms with Crippen LogP contribution in [0.5, 0.6) is 5.75 Å². The predicted octanol–water partition coefficient (Wildman–Crippen LogP) is 4.77. The Labute approximate surface area is 201 Å². The lowest BCUT2D eigenvalue weighted by molar-refractivity contribution is -0.0540. The van der Waals surface area contributed by atoms with Gasteiger partial charge in [0.1, 0.15) is 23.0 Å². The zero-order valence-corrected chi connectivity index (χ0v) is 20.2. The van der Waals surface area contributed by atoms with Crippen LogP contribution in [0.4, 0.5) is 10.2 Å². The summed E-state index contributed by atoms with van der Waals surface area (Å²) in [7, 11) is 1.86. The highest BCUT2D eigenvalue weighted by molar-refractivity contribution is 7.15. The molecule has 2 aliphatic rings. The fourth-order valence-electron chi connectivity index (χ4n) is 5.85. The minimum Gasteiger partial charge on any atom is -0.507 e. The van der Waals surface area contributed by atoms with Crippen molar-refractivity contribution < 1.29 is 9.50 Å². The maximum Gasteiger partial charge on any atom is 0.218 e. The first-order valence-electron chi connectivity index (χ1n) is 11.4. The van der Waals surface area contributed by atoms with Gasteiger partial charge in [-0.05, 0) is 43.2 Å². The number of anilines is 1. The van der Waals surface area contributed by atoms with Gasteiger partial charge >= 0.3 is 0 Å². The minimum atomic E-state index is -0.939. The Bertz CT molecular complexity index is 1260. The van der Waals surface area contributed by atoms with E-state index in [9.17, 15) is 5.11 Å². The number of halogens is 1. The molecule has 0 amide bonds. The van der Waals surface area contributed by atoms with Gasteiger partial charge in [-0.25, -0.2) is 9.37 Å². The number of aromatic hydroxyl groups is 1. The molecule has 1 N–H and O–H groups in total. The van der Waals surface area contributed by atoms with Gasteiger partial charge in [-0.1, -0.05) is 37.7 Å². The lowest BCUT2D eigenvalue weighted by Gasteiger charge is -2.55. The van der Waals surface area contributed by atoms with Crippen molar-refractivity contribution in [1.29, 1.82) is 5.26 Å². The van der Waals surface area contributed by atoms with Crippen molar-refractivity contribution in [2.45, 2.75) is 58.2 Å². The monoisotopic (exact) mass is 479 g/mol. The predicted molar refractivity (Wildman–Crippen MR) is 127 cm³/mol. The molecule has 2 heterocycles. The Balaban J connectivity index is 1.37. The average molecular weight is 480 g/mol. The molecule has 0 spiro atoms. The van der Waals surface area contributed by atoms with Crippen molar-refractivity contribution in [3.8, 4) is 33.8 Å². The second-order valence-corrected chi connectivity index (χ2v) is 11.2. The number of phenols is 1. The molecule has 5 rings (SSSR count). The van der Waals surface area contributed by atoms with E-state index in [-0.39, 0.29) is 33.5 Å². The van der Waals surface area contributed by atoms with E-state index in [0.29, 0.717) is 22.0 Å². The standard InChI is InChI=1S/C24H26FN7OS/c1-23-7-4-8-24(2,13-23)20(25)16(10-23)32(3)18-12-27-21(30-28-18)15-6-5-14(9-17(15)33)22-31-29-19(11-26)34-22/h5-6,9,12,16,20,33H,4,7-8,10,13H2,1-3H3/t16-,20-,23-,24-/m1/s1. The maximum atomic E-state index is 15.6. The molecule has 2 bridgehead atoms. The van der Waals surface area contributed by atoms with Crippen molar-refractivity contribution in [2.24, 2.45) is 10.8 Å². The van der Waals surface area contributed by atoms with Crippen molar-refractivity contribution in [3.63, 3.8) is 0 Å². The fraction of sp³-hybridized carbons (Fsp3) is 0.500. The maximum absolute atomic E-state index is 15.6. The molecule has 0 unspecified atom stereocenters. The molecule has 0 aliphatic heterocycles. The van der Waals surface area contributed by atoms with Gasteiger partial charge < -0.3 is 10.0 Å². The Hall–Kier alpha value is -3.19. The van der Waals surface area contributed by atoms with Crippen molar-refractivity contribution >= 4 is 17.2 Å². The third kappa shape index (κ3) is 3.88. The molecule has 8 nitrogen and oxygen atoms in total. The van der Waals surface area contributed by atoms with Crippen LogP contribution in [0.15, 0.2) is 24.4 Å². The van der Waals surface area contributed by atoms with Crippen LogP contribution in [0.1, 0.15) is 51.0 Å². The summed E-state index contributed by atoms with van der Waals surface area (Å²) in [5, 5.41) is 36.6. The van der Waals surface area contributed by atoms with E-state index in [2.05, 4.69) is 39.2 Å².